The summed E-state index contributed by atoms with van der Waals surface area (Å²) in [6.45, 7) is 6.19. The van der Waals surface area contributed by atoms with Crippen molar-refractivity contribution in [3.63, 3.8) is 0 Å². The summed E-state index contributed by atoms with van der Waals surface area (Å²) in [6, 6.07) is 5.83. The molecule has 2 heterocycles. The molecule has 2 aromatic heterocycles. The molecule has 2 rings (SSSR count). The van der Waals surface area contributed by atoms with E-state index in [-0.39, 0.29) is 0 Å². The van der Waals surface area contributed by atoms with Crippen LogP contribution in [0.3, 0.4) is 0 Å². The molecule has 0 saturated carbocycles. The average Bonchev–Trinajstić information content (AvgIpc) is 3.20. The van der Waals surface area contributed by atoms with Crippen molar-refractivity contribution in [2.24, 2.45) is 4.99 Å². The molecule has 0 saturated heterocycles. The maximum atomic E-state index is 5.45. The number of aliphatic imine (C=N–C) groups is 1. The van der Waals surface area contributed by atoms with E-state index in [1.807, 2.05) is 31.3 Å². The van der Waals surface area contributed by atoms with Crippen LogP contribution in [0.4, 0.5) is 0 Å². The highest BCUT2D eigenvalue weighted by Crippen LogP contribution is 2.07. The van der Waals surface area contributed by atoms with Gasteiger partial charge in [-0.1, -0.05) is 0 Å². The van der Waals surface area contributed by atoms with Gasteiger partial charge in [-0.25, -0.2) is 14.7 Å². The summed E-state index contributed by atoms with van der Waals surface area (Å²) < 4.78 is 12.1. The van der Waals surface area contributed by atoms with E-state index < -0.39 is 0 Å². The zero-order chi connectivity index (χ0) is 18.5. The van der Waals surface area contributed by atoms with E-state index in [0.717, 1.165) is 36.9 Å². The standard InChI is InChI=1S/C18H28N6O2/c1-3-19-18(21-7-5-11-26-13-12-25-2)22-15-16-6-9-20-17(14-16)24-10-4-8-23-24/h4,6,8-10,14H,3,5,7,11-13,15H2,1-2H3,(H2,19,21,22). The molecule has 0 bridgehead atoms. The van der Waals surface area contributed by atoms with Gasteiger partial charge in [0.2, 0.25) is 0 Å². The lowest BCUT2D eigenvalue weighted by Gasteiger charge is -2.11. The second kappa shape index (κ2) is 12.0. The predicted molar refractivity (Wildman–Crippen MR) is 101 cm³/mol. The van der Waals surface area contributed by atoms with Crippen LogP contribution in [0.1, 0.15) is 18.9 Å². The summed E-state index contributed by atoms with van der Waals surface area (Å²) in [6.07, 6.45) is 6.29. The summed E-state index contributed by atoms with van der Waals surface area (Å²) in [5.41, 5.74) is 1.07. The number of hydrogen-bond acceptors (Lipinski definition) is 5. The number of pyridine rings is 1. The topological polar surface area (TPSA) is 85.6 Å². The lowest BCUT2D eigenvalue weighted by molar-refractivity contribution is 0.0698. The van der Waals surface area contributed by atoms with Crippen LogP contribution in [-0.2, 0) is 16.0 Å². The molecule has 0 radical (unpaired) electrons. The molecule has 0 spiro atoms. The third kappa shape index (κ3) is 7.20. The number of nitrogens with one attached hydrogen (secondary N) is 2. The third-order valence-electron chi connectivity index (χ3n) is 3.50. The van der Waals surface area contributed by atoms with Gasteiger partial charge in [-0.2, -0.15) is 5.10 Å². The van der Waals surface area contributed by atoms with Crippen molar-refractivity contribution in [3.8, 4) is 5.82 Å². The Balaban J connectivity index is 1.81. The van der Waals surface area contributed by atoms with Gasteiger partial charge in [0.05, 0.1) is 19.8 Å². The van der Waals surface area contributed by atoms with E-state index in [2.05, 4.69) is 25.7 Å². The Hall–Kier alpha value is -2.45. The Morgan fingerprint density at radius 2 is 2.15 bits per heavy atom. The summed E-state index contributed by atoms with van der Waals surface area (Å²) in [4.78, 5) is 8.96. The number of methoxy groups -OCH3 is 1. The van der Waals surface area contributed by atoms with Gasteiger partial charge >= 0.3 is 0 Å². The number of guanidine groups is 1. The van der Waals surface area contributed by atoms with E-state index in [1.165, 1.54) is 0 Å². The molecule has 0 atom stereocenters. The molecule has 8 nitrogen and oxygen atoms in total. The van der Waals surface area contributed by atoms with Gasteiger partial charge in [-0.05, 0) is 37.1 Å². The molecular weight excluding hydrogens is 332 g/mol. The van der Waals surface area contributed by atoms with Gasteiger partial charge in [0.25, 0.3) is 0 Å². The minimum absolute atomic E-state index is 0.566. The molecule has 0 aliphatic carbocycles. The van der Waals surface area contributed by atoms with Gasteiger partial charge in [0, 0.05) is 45.4 Å². The maximum absolute atomic E-state index is 5.45. The van der Waals surface area contributed by atoms with Crippen LogP contribution in [0.5, 0.6) is 0 Å². The Bertz CT molecular complexity index is 645. The number of rotatable bonds is 11. The largest absolute Gasteiger partial charge is 0.382 e. The first-order valence-electron chi connectivity index (χ1n) is 8.87. The molecule has 0 amide bonds. The number of nitrogens with zero attached hydrogens (tertiary/aromatic N) is 4. The minimum atomic E-state index is 0.566. The van der Waals surface area contributed by atoms with Crippen molar-refractivity contribution in [1.29, 1.82) is 0 Å². The van der Waals surface area contributed by atoms with E-state index >= 15 is 0 Å². The second-order valence-electron chi connectivity index (χ2n) is 5.55. The summed E-state index contributed by atoms with van der Waals surface area (Å²) >= 11 is 0. The first kappa shape index (κ1) is 19.9. The number of aromatic nitrogens is 3. The van der Waals surface area contributed by atoms with Gasteiger partial charge in [0.1, 0.15) is 0 Å². The van der Waals surface area contributed by atoms with E-state index in [1.54, 1.807) is 24.2 Å². The van der Waals surface area contributed by atoms with Gasteiger partial charge < -0.3 is 20.1 Å². The number of hydrogen-bond donors (Lipinski definition) is 2. The highest BCUT2D eigenvalue weighted by molar-refractivity contribution is 5.79. The zero-order valence-electron chi connectivity index (χ0n) is 15.5. The monoisotopic (exact) mass is 360 g/mol. The fourth-order valence-corrected chi connectivity index (χ4v) is 2.23. The van der Waals surface area contributed by atoms with Crippen molar-refractivity contribution in [2.75, 3.05) is 40.0 Å². The molecule has 2 N–H and O–H groups in total. The second-order valence-corrected chi connectivity index (χ2v) is 5.55. The van der Waals surface area contributed by atoms with Crippen LogP contribution >= 0.6 is 0 Å². The summed E-state index contributed by atoms with van der Waals surface area (Å²) in [5.74, 6) is 1.58. The number of ether oxygens (including phenoxy) is 2. The first-order valence-corrected chi connectivity index (χ1v) is 8.87. The lowest BCUT2D eigenvalue weighted by atomic mass is 10.2. The molecule has 0 aromatic carbocycles. The van der Waals surface area contributed by atoms with Crippen LogP contribution in [0.15, 0.2) is 41.8 Å². The molecule has 26 heavy (non-hydrogen) atoms. The van der Waals surface area contributed by atoms with Crippen LogP contribution in [-0.4, -0.2) is 60.7 Å². The van der Waals surface area contributed by atoms with Crippen LogP contribution in [0.25, 0.3) is 5.82 Å². The van der Waals surface area contributed by atoms with Crippen molar-refractivity contribution >= 4 is 5.96 Å². The predicted octanol–water partition coefficient (Wildman–Crippen LogP) is 1.38. The van der Waals surface area contributed by atoms with Crippen LogP contribution in [0, 0.1) is 0 Å². The molecule has 0 unspecified atom stereocenters. The molecule has 2 aromatic rings. The molecule has 0 aliphatic heterocycles. The zero-order valence-corrected chi connectivity index (χ0v) is 15.5. The Kier molecular flexibility index (Phi) is 9.17. The van der Waals surface area contributed by atoms with Crippen molar-refractivity contribution in [2.45, 2.75) is 19.9 Å². The van der Waals surface area contributed by atoms with Crippen molar-refractivity contribution in [1.82, 2.24) is 25.4 Å². The highest BCUT2D eigenvalue weighted by atomic mass is 16.5. The molecule has 142 valence electrons. The fraction of sp³-hybridized carbons (Fsp3) is 0.500. The quantitative estimate of drug-likeness (QED) is 0.358. The first-order chi connectivity index (χ1) is 12.8. The summed E-state index contributed by atoms with van der Waals surface area (Å²) in [7, 11) is 1.67. The smallest absolute Gasteiger partial charge is 0.191 e. The van der Waals surface area contributed by atoms with E-state index in [0.29, 0.717) is 26.4 Å². The molecule has 0 aliphatic rings. The van der Waals surface area contributed by atoms with Crippen molar-refractivity contribution < 1.29 is 9.47 Å². The average molecular weight is 360 g/mol. The lowest BCUT2D eigenvalue weighted by Crippen LogP contribution is -2.38. The molecule has 8 heteroatoms. The van der Waals surface area contributed by atoms with Gasteiger partial charge in [-0.15, -0.1) is 0 Å². The van der Waals surface area contributed by atoms with Crippen molar-refractivity contribution in [3.05, 3.63) is 42.4 Å². The Labute approximate surface area is 154 Å². The minimum Gasteiger partial charge on any atom is -0.382 e. The SMILES string of the molecule is CCNC(=NCc1ccnc(-n2cccn2)c1)NCCCOCCOC. The summed E-state index contributed by atoms with van der Waals surface area (Å²) in [5, 5.41) is 10.8. The Morgan fingerprint density at radius 1 is 1.23 bits per heavy atom. The molecular formula is C18H28N6O2. The fourth-order valence-electron chi connectivity index (χ4n) is 2.23. The van der Waals surface area contributed by atoms with Crippen LogP contribution in [0.2, 0.25) is 0 Å². The van der Waals surface area contributed by atoms with Crippen LogP contribution < -0.4 is 10.6 Å². The Morgan fingerprint density at radius 3 is 2.92 bits per heavy atom. The van der Waals surface area contributed by atoms with Gasteiger partial charge in [0.15, 0.2) is 11.8 Å². The maximum Gasteiger partial charge on any atom is 0.191 e. The third-order valence-corrected chi connectivity index (χ3v) is 3.50. The molecule has 0 fully saturated rings. The normalized spacial score (nSPS) is 11.5. The van der Waals surface area contributed by atoms with E-state index in [4.69, 9.17) is 9.47 Å². The highest BCUT2D eigenvalue weighted by Gasteiger charge is 2.01. The van der Waals surface area contributed by atoms with E-state index in [9.17, 15) is 0 Å². The van der Waals surface area contributed by atoms with Gasteiger partial charge in [-0.3, -0.25) is 0 Å².